The van der Waals surface area contributed by atoms with Crippen molar-refractivity contribution in [3.8, 4) is 0 Å². The minimum atomic E-state index is 0.187. The first-order valence-electron chi connectivity index (χ1n) is 5.24. The topological polar surface area (TPSA) is 29.1 Å². The monoisotopic (exact) mass is 179 g/mol. The average molecular weight is 179 g/mol. The zero-order chi connectivity index (χ0) is 9.26. The van der Waals surface area contributed by atoms with E-state index in [1.165, 1.54) is 12.8 Å². The highest BCUT2D eigenvalue weighted by Gasteiger charge is 2.35. The van der Waals surface area contributed by atoms with E-state index in [2.05, 4.69) is 17.5 Å². The molecule has 2 aliphatic carbocycles. The van der Waals surface area contributed by atoms with Gasteiger partial charge < -0.3 is 5.32 Å². The molecule has 0 radical (unpaired) electrons. The van der Waals surface area contributed by atoms with Gasteiger partial charge >= 0.3 is 0 Å². The Labute approximate surface area is 79.4 Å². The van der Waals surface area contributed by atoms with Crippen molar-refractivity contribution in [1.29, 1.82) is 0 Å². The average Bonchev–Trinajstić information content (AvgIpc) is 2.74. The molecule has 0 aromatic rings. The van der Waals surface area contributed by atoms with Crippen LogP contribution in [-0.2, 0) is 4.79 Å². The standard InChI is InChI=1S/C11H17NO/c1-2-11(13)12-7-10-6-8-3-4-9(10)5-8/h3-4,8-10H,2,5-7H2,1H3,(H,12,13)/t8-,9+,10-/m0/s1. The SMILES string of the molecule is CCC(=O)NC[C@@H]1C[C@H]2C=C[C@@H]1C2. The predicted octanol–water partition coefficient (Wildman–Crippen LogP) is 1.72. The van der Waals surface area contributed by atoms with Crippen LogP contribution < -0.4 is 5.32 Å². The Kier molecular flexibility index (Phi) is 2.38. The largest absolute Gasteiger partial charge is 0.356 e. The first-order valence-corrected chi connectivity index (χ1v) is 5.24. The second-order valence-electron chi connectivity index (χ2n) is 4.20. The number of hydrogen-bond acceptors (Lipinski definition) is 1. The van der Waals surface area contributed by atoms with Crippen molar-refractivity contribution in [1.82, 2.24) is 5.32 Å². The van der Waals surface area contributed by atoms with E-state index in [1.54, 1.807) is 0 Å². The molecule has 2 aliphatic rings. The molecule has 1 N–H and O–H groups in total. The predicted molar refractivity (Wildman–Crippen MR) is 52.1 cm³/mol. The molecule has 2 nitrogen and oxygen atoms in total. The van der Waals surface area contributed by atoms with Gasteiger partial charge in [0.15, 0.2) is 0 Å². The van der Waals surface area contributed by atoms with Crippen molar-refractivity contribution in [2.75, 3.05) is 6.54 Å². The van der Waals surface area contributed by atoms with Crippen LogP contribution in [0.25, 0.3) is 0 Å². The Balaban J connectivity index is 1.78. The van der Waals surface area contributed by atoms with Crippen LogP contribution in [0.3, 0.4) is 0 Å². The molecule has 0 unspecified atom stereocenters. The number of nitrogens with one attached hydrogen (secondary N) is 1. The lowest BCUT2D eigenvalue weighted by atomic mass is 9.93. The third-order valence-electron chi connectivity index (χ3n) is 3.30. The van der Waals surface area contributed by atoms with Gasteiger partial charge in [-0.2, -0.15) is 0 Å². The molecular weight excluding hydrogens is 162 g/mol. The highest BCUT2D eigenvalue weighted by atomic mass is 16.1. The fourth-order valence-corrected chi connectivity index (χ4v) is 2.50. The summed E-state index contributed by atoms with van der Waals surface area (Å²) in [6.45, 7) is 2.79. The van der Waals surface area contributed by atoms with Crippen LogP contribution in [0.1, 0.15) is 26.2 Å². The molecule has 2 heteroatoms. The number of carbonyl (C=O) groups is 1. The van der Waals surface area contributed by atoms with Crippen LogP contribution in [0.2, 0.25) is 0 Å². The summed E-state index contributed by atoms with van der Waals surface area (Å²) < 4.78 is 0. The molecule has 2 rings (SSSR count). The smallest absolute Gasteiger partial charge is 0.219 e. The van der Waals surface area contributed by atoms with Gasteiger partial charge in [0.2, 0.25) is 5.91 Å². The van der Waals surface area contributed by atoms with Crippen LogP contribution in [0.15, 0.2) is 12.2 Å². The fourth-order valence-electron chi connectivity index (χ4n) is 2.50. The van der Waals surface area contributed by atoms with Gasteiger partial charge in [0.25, 0.3) is 0 Å². The van der Waals surface area contributed by atoms with Crippen molar-refractivity contribution >= 4 is 5.91 Å². The molecule has 1 saturated carbocycles. The van der Waals surface area contributed by atoms with Gasteiger partial charge in [0.05, 0.1) is 0 Å². The first-order chi connectivity index (χ1) is 6.29. The van der Waals surface area contributed by atoms with E-state index in [9.17, 15) is 4.79 Å². The molecule has 0 aromatic carbocycles. The first kappa shape index (κ1) is 8.79. The summed E-state index contributed by atoms with van der Waals surface area (Å²) in [7, 11) is 0. The third-order valence-corrected chi connectivity index (χ3v) is 3.30. The molecule has 1 fully saturated rings. The number of carbonyl (C=O) groups excluding carboxylic acids is 1. The van der Waals surface area contributed by atoms with E-state index in [1.807, 2.05) is 6.92 Å². The molecule has 2 bridgehead atoms. The van der Waals surface area contributed by atoms with Crippen LogP contribution in [0.4, 0.5) is 0 Å². The number of hydrogen-bond donors (Lipinski definition) is 1. The van der Waals surface area contributed by atoms with Gasteiger partial charge in [-0.3, -0.25) is 4.79 Å². The van der Waals surface area contributed by atoms with E-state index in [0.717, 1.165) is 18.4 Å². The van der Waals surface area contributed by atoms with Gasteiger partial charge in [-0.05, 0) is 30.6 Å². The summed E-state index contributed by atoms with van der Waals surface area (Å²) in [6, 6.07) is 0. The van der Waals surface area contributed by atoms with E-state index in [4.69, 9.17) is 0 Å². The van der Waals surface area contributed by atoms with Crippen LogP contribution in [0, 0.1) is 17.8 Å². The normalized spacial score (nSPS) is 35.3. The van der Waals surface area contributed by atoms with E-state index >= 15 is 0 Å². The maximum Gasteiger partial charge on any atom is 0.219 e. The Morgan fingerprint density at radius 3 is 2.85 bits per heavy atom. The Morgan fingerprint density at radius 2 is 2.31 bits per heavy atom. The maximum absolute atomic E-state index is 11.0. The van der Waals surface area contributed by atoms with Gasteiger partial charge in [-0.25, -0.2) is 0 Å². The molecule has 0 aromatic heterocycles. The molecule has 72 valence electrons. The summed E-state index contributed by atoms with van der Waals surface area (Å²) in [6.07, 6.45) is 7.88. The van der Waals surface area contributed by atoms with Crippen molar-refractivity contribution in [3.05, 3.63) is 12.2 Å². The Bertz CT molecular complexity index is 234. The minimum Gasteiger partial charge on any atom is -0.356 e. The zero-order valence-corrected chi connectivity index (χ0v) is 8.12. The molecule has 0 aliphatic heterocycles. The Morgan fingerprint density at radius 1 is 1.46 bits per heavy atom. The maximum atomic E-state index is 11.0. The van der Waals surface area contributed by atoms with Crippen molar-refractivity contribution in [2.45, 2.75) is 26.2 Å². The lowest BCUT2D eigenvalue weighted by Crippen LogP contribution is -2.30. The number of amides is 1. The number of fused-ring (bicyclic) bond motifs is 2. The van der Waals surface area contributed by atoms with Gasteiger partial charge in [0, 0.05) is 13.0 Å². The highest BCUT2D eigenvalue weighted by Crippen LogP contribution is 2.42. The van der Waals surface area contributed by atoms with E-state index < -0.39 is 0 Å². The van der Waals surface area contributed by atoms with Crippen molar-refractivity contribution in [3.63, 3.8) is 0 Å². The zero-order valence-electron chi connectivity index (χ0n) is 8.12. The summed E-state index contributed by atoms with van der Waals surface area (Å²) in [5.41, 5.74) is 0. The molecule has 1 amide bonds. The van der Waals surface area contributed by atoms with Gasteiger partial charge in [-0.15, -0.1) is 0 Å². The van der Waals surface area contributed by atoms with E-state index in [0.29, 0.717) is 12.3 Å². The second kappa shape index (κ2) is 3.52. The summed E-state index contributed by atoms with van der Waals surface area (Å²) >= 11 is 0. The van der Waals surface area contributed by atoms with Crippen LogP contribution in [-0.4, -0.2) is 12.5 Å². The third kappa shape index (κ3) is 1.77. The molecular formula is C11H17NO. The molecule has 13 heavy (non-hydrogen) atoms. The molecule has 0 heterocycles. The number of rotatable bonds is 3. The number of allylic oxidation sites excluding steroid dienone is 2. The Hall–Kier alpha value is -0.790. The summed E-state index contributed by atoms with van der Waals surface area (Å²) in [4.78, 5) is 11.0. The minimum absolute atomic E-state index is 0.187. The van der Waals surface area contributed by atoms with Gasteiger partial charge in [0.1, 0.15) is 0 Å². The lowest BCUT2D eigenvalue weighted by Gasteiger charge is -2.18. The second-order valence-corrected chi connectivity index (χ2v) is 4.20. The summed E-state index contributed by atoms with van der Waals surface area (Å²) in [5, 5.41) is 2.99. The quantitative estimate of drug-likeness (QED) is 0.657. The molecule has 3 atom stereocenters. The van der Waals surface area contributed by atoms with Crippen molar-refractivity contribution < 1.29 is 4.79 Å². The fraction of sp³-hybridized carbons (Fsp3) is 0.727. The van der Waals surface area contributed by atoms with Crippen molar-refractivity contribution in [2.24, 2.45) is 17.8 Å². The summed E-state index contributed by atoms with van der Waals surface area (Å²) in [5.74, 6) is 2.47. The highest BCUT2D eigenvalue weighted by molar-refractivity contribution is 5.75. The lowest BCUT2D eigenvalue weighted by molar-refractivity contribution is -0.121. The molecule has 0 spiro atoms. The van der Waals surface area contributed by atoms with E-state index in [-0.39, 0.29) is 5.91 Å². The molecule has 0 saturated heterocycles. The van der Waals surface area contributed by atoms with Gasteiger partial charge in [-0.1, -0.05) is 19.1 Å². The van der Waals surface area contributed by atoms with Crippen LogP contribution in [0.5, 0.6) is 0 Å². The van der Waals surface area contributed by atoms with Crippen LogP contribution >= 0.6 is 0 Å².